The molecule has 1 saturated heterocycles. The van der Waals surface area contributed by atoms with Crippen molar-refractivity contribution < 1.29 is 18.0 Å². The van der Waals surface area contributed by atoms with Gasteiger partial charge in [0.05, 0.1) is 23.1 Å². The maximum atomic E-state index is 13.1. The van der Waals surface area contributed by atoms with Crippen molar-refractivity contribution in [3.8, 4) is 11.3 Å². The van der Waals surface area contributed by atoms with Crippen molar-refractivity contribution in [1.29, 1.82) is 0 Å². The van der Waals surface area contributed by atoms with Gasteiger partial charge in [-0.25, -0.2) is 14.8 Å². The van der Waals surface area contributed by atoms with Crippen molar-refractivity contribution in [1.82, 2.24) is 19.3 Å². The fourth-order valence-corrected chi connectivity index (χ4v) is 5.82. The predicted molar refractivity (Wildman–Crippen MR) is 162 cm³/mol. The number of nitrogens with zero attached hydrogens (tertiary/aromatic N) is 4. The number of nitrogen functional groups attached to an aromatic ring is 1. The average molecular weight is 589 g/mol. The Hall–Kier alpha value is -4.68. The van der Waals surface area contributed by atoms with Crippen LogP contribution >= 0.6 is 0 Å². The molecule has 2 amide bonds. The Bertz CT molecular complexity index is 1830. The van der Waals surface area contributed by atoms with Gasteiger partial charge in [0.1, 0.15) is 22.9 Å². The van der Waals surface area contributed by atoms with E-state index in [1.165, 1.54) is 12.1 Å². The monoisotopic (exact) mass is 588 g/mol. The standard InChI is InChI=1S/C31H31F3N8O/c1-18-38-27(28-29(36)37-15-22(42(18)28)17-41-13-5-7-20(35)16-41)25-11-12-26(24-10-3-2-9-23(24)25)40-30(43)39-21-8-4-6-19(14-21)31(32,33)34/h2-4,6,8-12,14-15,20H,5,7,13,16-17,35H2,1H3,(H2,36,37)(H2,39,40,43)/t20-/m0/s1. The lowest BCUT2D eigenvalue weighted by atomic mass is 10.00. The van der Waals surface area contributed by atoms with Crippen molar-refractivity contribution in [3.63, 3.8) is 0 Å². The number of urea groups is 1. The fourth-order valence-electron chi connectivity index (χ4n) is 5.82. The molecule has 43 heavy (non-hydrogen) atoms. The molecular weight excluding hydrogens is 557 g/mol. The van der Waals surface area contributed by atoms with Gasteiger partial charge in [0.25, 0.3) is 0 Å². The summed E-state index contributed by atoms with van der Waals surface area (Å²) in [6.07, 6.45) is -0.665. The van der Waals surface area contributed by atoms with Gasteiger partial charge in [-0.05, 0) is 56.0 Å². The summed E-state index contributed by atoms with van der Waals surface area (Å²) in [5.74, 6) is 1.11. The highest BCUT2D eigenvalue weighted by Gasteiger charge is 2.30. The first-order valence-corrected chi connectivity index (χ1v) is 14.0. The Morgan fingerprint density at radius 3 is 2.63 bits per heavy atom. The minimum absolute atomic E-state index is 0.0264. The maximum Gasteiger partial charge on any atom is 0.416 e. The number of imidazole rings is 1. The number of halogens is 3. The first-order chi connectivity index (χ1) is 20.6. The first kappa shape index (κ1) is 28.4. The number of nitrogens with one attached hydrogen (secondary N) is 2. The van der Waals surface area contributed by atoms with Crippen molar-refractivity contribution in [3.05, 3.63) is 83.9 Å². The molecule has 1 fully saturated rings. The van der Waals surface area contributed by atoms with Gasteiger partial charge < -0.3 is 22.1 Å². The molecule has 1 aliphatic heterocycles. The lowest BCUT2D eigenvalue weighted by Crippen LogP contribution is -2.42. The van der Waals surface area contributed by atoms with Gasteiger partial charge in [0.2, 0.25) is 0 Å². The predicted octanol–water partition coefficient (Wildman–Crippen LogP) is 6.03. The number of anilines is 3. The molecule has 1 atom stereocenters. The number of hydrogen-bond donors (Lipinski definition) is 4. The van der Waals surface area contributed by atoms with Crippen LogP contribution in [0.25, 0.3) is 27.5 Å². The van der Waals surface area contributed by atoms with Crippen LogP contribution in [-0.2, 0) is 12.7 Å². The molecule has 0 saturated carbocycles. The average Bonchev–Trinajstić information content (AvgIpc) is 3.32. The van der Waals surface area contributed by atoms with Gasteiger partial charge in [-0.3, -0.25) is 9.30 Å². The normalized spacial score (nSPS) is 16.1. The molecule has 0 bridgehead atoms. The summed E-state index contributed by atoms with van der Waals surface area (Å²) in [6.45, 7) is 4.36. The number of carbonyl (C=O) groups is 1. The van der Waals surface area contributed by atoms with Crippen molar-refractivity contribution in [2.24, 2.45) is 5.73 Å². The number of likely N-dealkylation sites (tertiary alicyclic amines) is 1. The van der Waals surface area contributed by atoms with Gasteiger partial charge in [0, 0.05) is 35.8 Å². The number of aromatic nitrogens is 3. The van der Waals surface area contributed by atoms with E-state index in [-0.39, 0.29) is 11.7 Å². The number of alkyl halides is 3. The van der Waals surface area contributed by atoms with Crippen LogP contribution in [0.2, 0.25) is 0 Å². The quantitative estimate of drug-likeness (QED) is 0.199. The van der Waals surface area contributed by atoms with Gasteiger partial charge >= 0.3 is 12.2 Å². The number of rotatable bonds is 5. The molecule has 3 heterocycles. The number of fused-ring (bicyclic) bond motifs is 2. The van der Waals surface area contributed by atoms with Gasteiger partial charge in [-0.2, -0.15) is 13.2 Å². The Kier molecular flexibility index (Phi) is 7.40. The maximum absolute atomic E-state index is 13.1. The highest BCUT2D eigenvalue weighted by atomic mass is 19.4. The molecule has 0 spiro atoms. The molecule has 9 nitrogen and oxygen atoms in total. The third-order valence-corrected chi connectivity index (χ3v) is 7.73. The zero-order valence-electron chi connectivity index (χ0n) is 23.4. The van der Waals surface area contributed by atoms with Crippen molar-refractivity contribution >= 4 is 39.5 Å². The number of benzene rings is 3. The van der Waals surface area contributed by atoms with E-state index < -0.39 is 17.8 Å². The third kappa shape index (κ3) is 5.71. The molecular formula is C31H31F3N8O. The first-order valence-electron chi connectivity index (χ1n) is 14.0. The molecule has 1 aliphatic rings. The molecule has 6 rings (SSSR count). The van der Waals surface area contributed by atoms with Gasteiger partial charge in [0.15, 0.2) is 0 Å². The molecule has 6 N–H and O–H groups in total. The van der Waals surface area contributed by atoms with Crippen molar-refractivity contribution in [2.45, 2.75) is 38.5 Å². The number of amides is 2. The van der Waals surface area contributed by atoms with E-state index in [1.807, 2.05) is 41.7 Å². The highest BCUT2D eigenvalue weighted by molar-refractivity contribution is 6.10. The second-order valence-corrected chi connectivity index (χ2v) is 10.8. The summed E-state index contributed by atoms with van der Waals surface area (Å²) < 4.78 is 41.4. The second kappa shape index (κ2) is 11.2. The van der Waals surface area contributed by atoms with Gasteiger partial charge in [-0.1, -0.05) is 36.4 Å². The second-order valence-electron chi connectivity index (χ2n) is 10.8. The van der Waals surface area contributed by atoms with E-state index in [2.05, 4.69) is 20.5 Å². The Morgan fingerprint density at radius 2 is 1.86 bits per heavy atom. The van der Waals surface area contributed by atoms with Crippen LogP contribution in [0.4, 0.5) is 35.2 Å². The van der Waals surface area contributed by atoms with Crippen LogP contribution in [0.3, 0.4) is 0 Å². The summed E-state index contributed by atoms with van der Waals surface area (Å²) in [4.78, 5) is 24.6. The van der Waals surface area contributed by atoms with Crippen molar-refractivity contribution in [2.75, 3.05) is 29.5 Å². The number of hydrogen-bond acceptors (Lipinski definition) is 6. The number of carbonyl (C=O) groups excluding carboxylic acids is 1. The molecule has 0 unspecified atom stereocenters. The molecule has 0 aliphatic carbocycles. The summed E-state index contributed by atoms with van der Waals surface area (Å²) >= 11 is 0. The molecule has 222 valence electrons. The van der Waals surface area contributed by atoms with Crippen LogP contribution in [-0.4, -0.2) is 44.4 Å². The van der Waals surface area contributed by atoms with E-state index in [0.29, 0.717) is 29.3 Å². The molecule has 12 heteroatoms. The largest absolute Gasteiger partial charge is 0.416 e. The molecule has 5 aromatic rings. The lowest BCUT2D eigenvalue weighted by Gasteiger charge is -2.30. The molecule has 3 aromatic carbocycles. The summed E-state index contributed by atoms with van der Waals surface area (Å²) in [7, 11) is 0. The van der Waals surface area contributed by atoms with E-state index in [4.69, 9.17) is 16.5 Å². The number of aryl methyl sites for hydroxylation is 1. The van der Waals surface area contributed by atoms with E-state index in [1.54, 1.807) is 12.3 Å². The lowest BCUT2D eigenvalue weighted by molar-refractivity contribution is -0.137. The minimum atomic E-state index is -4.52. The van der Waals surface area contributed by atoms with Gasteiger partial charge in [-0.15, -0.1) is 0 Å². The molecule has 2 aromatic heterocycles. The Balaban J connectivity index is 1.34. The summed E-state index contributed by atoms with van der Waals surface area (Å²) in [5.41, 5.74) is 15.4. The van der Waals surface area contributed by atoms with Crippen LogP contribution < -0.4 is 22.1 Å². The van der Waals surface area contributed by atoms with E-state index in [0.717, 1.165) is 65.9 Å². The third-order valence-electron chi connectivity index (χ3n) is 7.73. The van der Waals surface area contributed by atoms with Crippen LogP contribution in [0.5, 0.6) is 0 Å². The number of nitrogens with two attached hydrogens (primary N) is 2. The van der Waals surface area contributed by atoms with Crippen LogP contribution in [0, 0.1) is 6.92 Å². The Morgan fingerprint density at radius 1 is 1.07 bits per heavy atom. The molecule has 0 radical (unpaired) electrons. The number of piperidine rings is 1. The van der Waals surface area contributed by atoms with E-state index in [9.17, 15) is 18.0 Å². The van der Waals surface area contributed by atoms with Crippen LogP contribution in [0.15, 0.2) is 66.9 Å². The SMILES string of the molecule is Cc1nc(-c2ccc(NC(=O)Nc3cccc(C(F)(F)F)c3)c3ccccc23)c2c(N)ncc(CN3CCC[C@H](N)C3)n12. The zero-order chi connectivity index (χ0) is 30.3. The Labute approximate surface area is 245 Å². The summed E-state index contributed by atoms with van der Waals surface area (Å²) in [5, 5.41) is 6.80. The minimum Gasteiger partial charge on any atom is -0.382 e. The highest BCUT2D eigenvalue weighted by Crippen LogP contribution is 2.37. The van der Waals surface area contributed by atoms with Crippen LogP contribution in [0.1, 0.15) is 29.9 Å². The fraction of sp³-hybridized carbons (Fsp3) is 0.258. The zero-order valence-corrected chi connectivity index (χ0v) is 23.4. The topological polar surface area (TPSA) is 127 Å². The van der Waals surface area contributed by atoms with E-state index >= 15 is 0 Å². The summed E-state index contributed by atoms with van der Waals surface area (Å²) in [6, 6.07) is 15.1. The smallest absolute Gasteiger partial charge is 0.382 e.